The molecule has 0 saturated carbocycles. The van der Waals surface area contributed by atoms with Gasteiger partial charge in [-0.1, -0.05) is 31.2 Å². The number of hydrogen-bond donors (Lipinski definition) is 2. The highest BCUT2D eigenvalue weighted by molar-refractivity contribution is 6.07. The van der Waals surface area contributed by atoms with Gasteiger partial charge >= 0.3 is 6.03 Å². The Balaban J connectivity index is 1.29. The minimum Gasteiger partial charge on any atom is -0.486 e. The third kappa shape index (κ3) is 4.85. The normalized spacial score (nSPS) is 17.2. The summed E-state index contributed by atoms with van der Waals surface area (Å²) in [4.78, 5) is 25.3. The average Bonchev–Trinajstić information content (AvgIpc) is 3.10. The second-order valence-corrected chi connectivity index (χ2v) is 7.85. The third-order valence-corrected chi connectivity index (χ3v) is 5.67. The molecule has 2 aromatic rings. The van der Waals surface area contributed by atoms with Crippen LogP contribution >= 0.6 is 0 Å². The van der Waals surface area contributed by atoms with Crippen LogP contribution in [0.25, 0.3) is 0 Å². The summed E-state index contributed by atoms with van der Waals surface area (Å²) in [6.45, 7) is 5.86. The van der Waals surface area contributed by atoms with Gasteiger partial charge in [0.25, 0.3) is 5.91 Å². The van der Waals surface area contributed by atoms with Gasteiger partial charge in [0.05, 0.1) is 18.2 Å². The number of urea groups is 1. The van der Waals surface area contributed by atoms with E-state index in [2.05, 4.69) is 15.7 Å². The Kier molecular flexibility index (Phi) is 6.58. The molecule has 0 spiro atoms. The fraction of sp³-hybridized carbons (Fsp3) is 0.375. The van der Waals surface area contributed by atoms with Crippen LogP contribution in [-0.4, -0.2) is 42.4 Å². The van der Waals surface area contributed by atoms with Crippen LogP contribution in [-0.2, 0) is 11.3 Å². The van der Waals surface area contributed by atoms with E-state index in [-0.39, 0.29) is 17.9 Å². The number of aryl methyl sites for hydroxylation is 1. The lowest BCUT2D eigenvalue weighted by atomic mass is 9.97. The molecule has 2 aromatic carbocycles. The molecule has 168 valence electrons. The molecule has 2 aliphatic rings. The summed E-state index contributed by atoms with van der Waals surface area (Å²) in [5.74, 6) is 0.962. The molecule has 8 nitrogen and oxygen atoms in total. The number of ether oxygens (including phenoxy) is 2. The monoisotopic (exact) mass is 436 g/mol. The molecule has 0 radical (unpaired) electrons. The van der Waals surface area contributed by atoms with E-state index in [9.17, 15) is 9.59 Å². The fourth-order valence-corrected chi connectivity index (χ4v) is 3.89. The molecule has 0 unspecified atom stereocenters. The predicted molar refractivity (Wildman–Crippen MR) is 122 cm³/mol. The van der Waals surface area contributed by atoms with E-state index in [1.165, 1.54) is 0 Å². The van der Waals surface area contributed by atoms with Gasteiger partial charge in [-0.2, -0.15) is 5.10 Å². The molecule has 2 N–H and O–H groups in total. The number of nitrogens with one attached hydrogen (secondary N) is 2. The minimum atomic E-state index is -0.334. The molecule has 4 rings (SSSR count). The first-order chi connectivity index (χ1) is 15.5. The van der Waals surface area contributed by atoms with Gasteiger partial charge in [0.15, 0.2) is 11.5 Å². The van der Waals surface area contributed by atoms with Crippen molar-refractivity contribution in [1.29, 1.82) is 0 Å². The third-order valence-electron chi connectivity index (χ3n) is 5.67. The van der Waals surface area contributed by atoms with Crippen molar-refractivity contribution < 1.29 is 19.1 Å². The summed E-state index contributed by atoms with van der Waals surface area (Å²) in [5.41, 5.74) is 3.69. The first-order valence-corrected chi connectivity index (χ1v) is 10.9. The summed E-state index contributed by atoms with van der Waals surface area (Å²) >= 11 is 0. The van der Waals surface area contributed by atoms with Gasteiger partial charge in [-0.05, 0) is 43.0 Å². The number of hydrazone groups is 1. The molecule has 8 heteroatoms. The van der Waals surface area contributed by atoms with E-state index in [0.29, 0.717) is 56.3 Å². The fourth-order valence-electron chi connectivity index (χ4n) is 3.89. The standard InChI is InChI=1S/C24H28N4O4/c1-3-20-19(23(29)28(27-20)15-17-7-5-4-6-16(17)2)10-11-25-24(30)26-18-8-9-21-22(14-18)32-13-12-31-21/h4-9,14,19H,3,10-13,15H2,1-2H3,(H2,25,26,30)/t19-/m0/s1. The first kappa shape index (κ1) is 21.7. The van der Waals surface area contributed by atoms with Gasteiger partial charge < -0.3 is 20.1 Å². The average molecular weight is 437 g/mol. The zero-order chi connectivity index (χ0) is 22.5. The molecule has 0 bridgehead atoms. The highest BCUT2D eigenvalue weighted by atomic mass is 16.6. The number of benzene rings is 2. The number of fused-ring (bicyclic) bond motifs is 1. The Labute approximate surface area is 187 Å². The van der Waals surface area contributed by atoms with Crippen LogP contribution < -0.4 is 20.1 Å². The Morgan fingerprint density at radius 1 is 1.16 bits per heavy atom. The Bertz CT molecular complexity index is 1040. The minimum absolute atomic E-state index is 0.0147. The van der Waals surface area contributed by atoms with Crippen molar-refractivity contribution in [1.82, 2.24) is 10.3 Å². The van der Waals surface area contributed by atoms with Gasteiger partial charge in [-0.3, -0.25) is 4.79 Å². The molecule has 0 fully saturated rings. The number of nitrogens with zero attached hydrogens (tertiary/aromatic N) is 2. The number of carbonyl (C=O) groups excluding carboxylic acids is 2. The molecule has 3 amide bonds. The number of hydrogen-bond acceptors (Lipinski definition) is 5. The lowest BCUT2D eigenvalue weighted by Gasteiger charge is -2.19. The van der Waals surface area contributed by atoms with Gasteiger partial charge in [-0.25, -0.2) is 9.80 Å². The van der Waals surface area contributed by atoms with Crippen molar-refractivity contribution in [2.75, 3.05) is 25.1 Å². The van der Waals surface area contributed by atoms with E-state index in [4.69, 9.17) is 9.47 Å². The predicted octanol–water partition coefficient (Wildman–Crippen LogP) is 3.70. The molecular formula is C24H28N4O4. The topological polar surface area (TPSA) is 92.3 Å². The highest BCUT2D eigenvalue weighted by Gasteiger charge is 2.34. The summed E-state index contributed by atoms with van der Waals surface area (Å²) in [6.07, 6.45) is 1.20. The zero-order valence-corrected chi connectivity index (χ0v) is 18.4. The maximum atomic E-state index is 13.0. The van der Waals surface area contributed by atoms with Crippen LogP contribution in [0.5, 0.6) is 11.5 Å². The van der Waals surface area contributed by atoms with Crippen molar-refractivity contribution >= 4 is 23.3 Å². The number of anilines is 1. The molecule has 0 aliphatic carbocycles. The molecule has 1 atom stereocenters. The Hall–Kier alpha value is -3.55. The Morgan fingerprint density at radius 2 is 1.94 bits per heavy atom. The van der Waals surface area contributed by atoms with Crippen molar-refractivity contribution in [3.8, 4) is 11.5 Å². The largest absolute Gasteiger partial charge is 0.486 e. The second-order valence-electron chi connectivity index (χ2n) is 7.85. The highest BCUT2D eigenvalue weighted by Crippen LogP contribution is 2.32. The van der Waals surface area contributed by atoms with Crippen LogP contribution in [0.3, 0.4) is 0 Å². The molecular weight excluding hydrogens is 408 g/mol. The van der Waals surface area contributed by atoms with Gasteiger partial charge in [0.2, 0.25) is 0 Å². The number of carbonyl (C=O) groups is 2. The zero-order valence-electron chi connectivity index (χ0n) is 18.4. The SMILES string of the molecule is CCC1=NN(Cc2ccccc2C)C(=O)[C@H]1CCNC(=O)Nc1ccc2c(c1)OCCO2. The maximum absolute atomic E-state index is 13.0. The summed E-state index contributed by atoms with van der Waals surface area (Å²) < 4.78 is 11.0. The Morgan fingerprint density at radius 3 is 2.72 bits per heavy atom. The van der Waals surface area contributed by atoms with E-state index in [0.717, 1.165) is 16.8 Å². The molecule has 2 heterocycles. The van der Waals surface area contributed by atoms with Gasteiger partial charge in [0.1, 0.15) is 13.2 Å². The van der Waals surface area contributed by atoms with Crippen LogP contribution in [0.2, 0.25) is 0 Å². The van der Waals surface area contributed by atoms with E-state index in [1.807, 2.05) is 38.1 Å². The lowest BCUT2D eigenvalue weighted by Crippen LogP contribution is -2.34. The smallest absolute Gasteiger partial charge is 0.319 e. The maximum Gasteiger partial charge on any atom is 0.319 e. The van der Waals surface area contributed by atoms with Crippen LogP contribution in [0.15, 0.2) is 47.6 Å². The molecule has 32 heavy (non-hydrogen) atoms. The van der Waals surface area contributed by atoms with E-state index < -0.39 is 0 Å². The van der Waals surface area contributed by atoms with Gasteiger partial charge in [-0.15, -0.1) is 0 Å². The molecule has 0 aromatic heterocycles. The molecule has 0 saturated heterocycles. The van der Waals surface area contributed by atoms with E-state index >= 15 is 0 Å². The van der Waals surface area contributed by atoms with Crippen molar-refractivity contribution in [3.63, 3.8) is 0 Å². The number of amides is 3. The quantitative estimate of drug-likeness (QED) is 0.692. The van der Waals surface area contributed by atoms with Crippen molar-refractivity contribution in [2.24, 2.45) is 11.0 Å². The summed E-state index contributed by atoms with van der Waals surface area (Å²) in [5, 5.41) is 11.7. The first-order valence-electron chi connectivity index (χ1n) is 10.9. The second kappa shape index (κ2) is 9.72. The summed E-state index contributed by atoms with van der Waals surface area (Å²) in [6, 6.07) is 12.9. The van der Waals surface area contributed by atoms with Crippen LogP contribution in [0, 0.1) is 12.8 Å². The van der Waals surface area contributed by atoms with Crippen molar-refractivity contribution in [3.05, 3.63) is 53.6 Å². The number of rotatable bonds is 7. The lowest BCUT2D eigenvalue weighted by molar-refractivity contribution is -0.132. The molecule has 2 aliphatic heterocycles. The van der Waals surface area contributed by atoms with E-state index in [1.54, 1.807) is 23.2 Å². The van der Waals surface area contributed by atoms with Crippen LogP contribution in [0.1, 0.15) is 30.9 Å². The van der Waals surface area contributed by atoms with Gasteiger partial charge in [0, 0.05) is 18.3 Å². The summed E-state index contributed by atoms with van der Waals surface area (Å²) in [7, 11) is 0. The van der Waals surface area contributed by atoms with Crippen LogP contribution in [0.4, 0.5) is 10.5 Å². The van der Waals surface area contributed by atoms with Crippen molar-refractivity contribution in [2.45, 2.75) is 33.2 Å².